The SMILES string of the molecule is C[C@@H](N[C@@H](CCc1ccccc1)C(=O)N[C@@H](Cc1ccc2ccccc2c1)C(=O)Nc1ccccc1)C(=O)O. The molecule has 3 atom stereocenters. The number of anilines is 1. The number of hydrogen-bond acceptors (Lipinski definition) is 4. The van der Waals surface area contributed by atoms with Crippen molar-refractivity contribution in [2.24, 2.45) is 0 Å². The van der Waals surface area contributed by atoms with E-state index in [1.54, 1.807) is 12.1 Å². The zero-order valence-corrected chi connectivity index (χ0v) is 21.8. The number of aliphatic carboxylic acids is 1. The first-order chi connectivity index (χ1) is 18.9. The Morgan fingerprint density at radius 2 is 1.36 bits per heavy atom. The fraction of sp³-hybridized carbons (Fsp3) is 0.219. The van der Waals surface area contributed by atoms with Gasteiger partial charge in [-0.2, -0.15) is 0 Å². The number of carbonyl (C=O) groups is 3. The number of nitrogens with one attached hydrogen (secondary N) is 3. The molecule has 0 saturated heterocycles. The standard InChI is InChI=1S/C32H33N3O4/c1-22(32(38)39)33-28(19-17-23-10-4-2-5-11-23)30(36)35-29(31(37)34-27-14-6-3-7-15-27)21-24-16-18-25-12-8-9-13-26(25)20-24/h2-16,18,20,22,28-29,33H,17,19,21H2,1H3,(H,34,37)(H,35,36)(H,38,39)/t22-,28+,29+/m1/s1. The largest absolute Gasteiger partial charge is 0.480 e. The molecule has 4 aromatic rings. The lowest BCUT2D eigenvalue weighted by atomic mass is 9.99. The van der Waals surface area contributed by atoms with Crippen LogP contribution >= 0.6 is 0 Å². The Labute approximate surface area is 228 Å². The third-order valence-corrected chi connectivity index (χ3v) is 6.63. The van der Waals surface area contributed by atoms with Crippen molar-refractivity contribution in [3.63, 3.8) is 0 Å². The van der Waals surface area contributed by atoms with E-state index in [2.05, 4.69) is 16.0 Å². The van der Waals surface area contributed by atoms with E-state index in [0.29, 0.717) is 18.5 Å². The van der Waals surface area contributed by atoms with Gasteiger partial charge in [-0.25, -0.2) is 0 Å². The van der Waals surface area contributed by atoms with Crippen molar-refractivity contribution < 1.29 is 19.5 Å². The first-order valence-corrected chi connectivity index (χ1v) is 13.1. The lowest BCUT2D eigenvalue weighted by molar-refractivity contribution is -0.139. The average molecular weight is 524 g/mol. The second-order valence-corrected chi connectivity index (χ2v) is 9.61. The Morgan fingerprint density at radius 1 is 0.718 bits per heavy atom. The number of benzene rings is 4. The van der Waals surface area contributed by atoms with Crippen LogP contribution in [-0.4, -0.2) is 41.0 Å². The number of amides is 2. The van der Waals surface area contributed by atoms with Gasteiger partial charge >= 0.3 is 5.97 Å². The minimum atomic E-state index is -1.05. The number of para-hydroxylation sites is 1. The Kier molecular flexibility index (Phi) is 9.43. The van der Waals surface area contributed by atoms with E-state index >= 15 is 0 Å². The van der Waals surface area contributed by atoms with Gasteiger partial charge in [0.15, 0.2) is 0 Å². The summed E-state index contributed by atoms with van der Waals surface area (Å²) in [5.74, 6) is -1.83. The van der Waals surface area contributed by atoms with Gasteiger partial charge < -0.3 is 15.7 Å². The smallest absolute Gasteiger partial charge is 0.320 e. The molecule has 0 spiro atoms. The van der Waals surface area contributed by atoms with Gasteiger partial charge in [-0.1, -0.05) is 91.0 Å². The van der Waals surface area contributed by atoms with Crippen LogP contribution in [0.15, 0.2) is 103 Å². The van der Waals surface area contributed by atoms with Crippen molar-refractivity contribution >= 4 is 34.2 Å². The van der Waals surface area contributed by atoms with Crippen LogP contribution in [0.3, 0.4) is 0 Å². The number of carboxylic acids is 1. The summed E-state index contributed by atoms with van der Waals surface area (Å²) < 4.78 is 0. The second kappa shape index (κ2) is 13.3. The Morgan fingerprint density at radius 3 is 2.05 bits per heavy atom. The number of rotatable bonds is 12. The van der Waals surface area contributed by atoms with Gasteiger partial charge in [0.1, 0.15) is 12.1 Å². The van der Waals surface area contributed by atoms with Gasteiger partial charge in [0.05, 0.1) is 6.04 Å². The van der Waals surface area contributed by atoms with Gasteiger partial charge in [0.2, 0.25) is 11.8 Å². The Bertz CT molecular complexity index is 1410. The van der Waals surface area contributed by atoms with E-state index in [4.69, 9.17) is 0 Å². The number of carbonyl (C=O) groups excluding carboxylic acids is 2. The zero-order valence-electron chi connectivity index (χ0n) is 21.8. The fourth-order valence-electron chi connectivity index (χ4n) is 4.45. The van der Waals surface area contributed by atoms with Crippen molar-refractivity contribution in [2.75, 3.05) is 5.32 Å². The minimum absolute atomic E-state index is 0.273. The van der Waals surface area contributed by atoms with Crippen LogP contribution in [0.1, 0.15) is 24.5 Å². The summed E-state index contributed by atoms with van der Waals surface area (Å²) in [6.45, 7) is 1.50. The highest BCUT2D eigenvalue weighted by molar-refractivity contribution is 5.98. The minimum Gasteiger partial charge on any atom is -0.480 e. The van der Waals surface area contributed by atoms with Gasteiger partial charge in [0.25, 0.3) is 0 Å². The van der Waals surface area contributed by atoms with Gasteiger partial charge in [-0.05, 0) is 53.8 Å². The van der Waals surface area contributed by atoms with Crippen LogP contribution in [0.25, 0.3) is 10.8 Å². The molecule has 0 aliphatic heterocycles. The first kappa shape index (κ1) is 27.5. The fourth-order valence-corrected chi connectivity index (χ4v) is 4.45. The third-order valence-electron chi connectivity index (χ3n) is 6.63. The van der Waals surface area contributed by atoms with E-state index < -0.39 is 30.0 Å². The highest BCUT2D eigenvalue weighted by Crippen LogP contribution is 2.18. The van der Waals surface area contributed by atoms with Crippen LogP contribution in [0.5, 0.6) is 0 Å². The molecule has 0 unspecified atom stereocenters. The van der Waals surface area contributed by atoms with Gasteiger partial charge in [0, 0.05) is 12.1 Å². The number of carboxylic acid groups (broad SMARTS) is 1. The maximum atomic E-state index is 13.5. The highest BCUT2D eigenvalue weighted by atomic mass is 16.4. The summed E-state index contributed by atoms with van der Waals surface area (Å²) in [5.41, 5.74) is 2.56. The molecule has 4 N–H and O–H groups in total. The first-order valence-electron chi connectivity index (χ1n) is 13.1. The molecule has 39 heavy (non-hydrogen) atoms. The molecule has 7 heteroatoms. The lowest BCUT2D eigenvalue weighted by Crippen LogP contribution is -2.54. The zero-order chi connectivity index (χ0) is 27.6. The number of hydrogen-bond donors (Lipinski definition) is 4. The second-order valence-electron chi connectivity index (χ2n) is 9.61. The summed E-state index contributed by atoms with van der Waals surface area (Å²) in [5, 5.41) is 20.3. The molecular formula is C32H33N3O4. The van der Waals surface area contributed by atoms with Crippen LogP contribution in [0.2, 0.25) is 0 Å². The van der Waals surface area contributed by atoms with Crippen molar-refractivity contribution in [2.45, 2.75) is 44.3 Å². The quantitative estimate of drug-likeness (QED) is 0.218. The van der Waals surface area contributed by atoms with Gasteiger partial charge in [-0.15, -0.1) is 0 Å². The Balaban J connectivity index is 1.55. The molecule has 0 aromatic heterocycles. The monoisotopic (exact) mass is 523 g/mol. The summed E-state index contributed by atoms with van der Waals surface area (Å²) in [4.78, 5) is 38.5. The van der Waals surface area contributed by atoms with Crippen LogP contribution in [-0.2, 0) is 27.2 Å². The molecule has 2 amide bonds. The number of aryl methyl sites for hydroxylation is 1. The lowest BCUT2D eigenvalue weighted by Gasteiger charge is -2.25. The Hall–Kier alpha value is -4.49. The summed E-state index contributed by atoms with van der Waals surface area (Å²) in [7, 11) is 0. The molecular weight excluding hydrogens is 490 g/mol. The van der Waals surface area contributed by atoms with Crippen LogP contribution in [0, 0.1) is 0 Å². The molecule has 0 heterocycles. The van der Waals surface area contributed by atoms with Crippen molar-refractivity contribution in [1.29, 1.82) is 0 Å². The maximum absolute atomic E-state index is 13.5. The van der Waals surface area contributed by atoms with E-state index in [-0.39, 0.29) is 12.3 Å². The molecule has 0 saturated carbocycles. The van der Waals surface area contributed by atoms with E-state index in [1.807, 2.05) is 91.0 Å². The summed E-state index contributed by atoms with van der Waals surface area (Å²) in [6.07, 6.45) is 1.22. The molecule has 0 bridgehead atoms. The molecule has 0 aliphatic rings. The molecule has 200 valence electrons. The normalized spacial score (nSPS) is 13.3. The molecule has 0 fully saturated rings. The van der Waals surface area contributed by atoms with Crippen molar-refractivity contribution in [3.8, 4) is 0 Å². The van der Waals surface area contributed by atoms with Crippen LogP contribution < -0.4 is 16.0 Å². The van der Waals surface area contributed by atoms with E-state index in [9.17, 15) is 19.5 Å². The third kappa shape index (κ3) is 7.99. The average Bonchev–Trinajstić information content (AvgIpc) is 2.95. The topological polar surface area (TPSA) is 108 Å². The van der Waals surface area contributed by atoms with E-state index in [1.165, 1.54) is 6.92 Å². The highest BCUT2D eigenvalue weighted by Gasteiger charge is 2.28. The molecule has 7 nitrogen and oxygen atoms in total. The molecule has 0 aliphatic carbocycles. The molecule has 4 rings (SSSR count). The van der Waals surface area contributed by atoms with Gasteiger partial charge in [-0.3, -0.25) is 19.7 Å². The predicted octanol–water partition coefficient (Wildman–Crippen LogP) is 4.57. The summed E-state index contributed by atoms with van der Waals surface area (Å²) >= 11 is 0. The van der Waals surface area contributed by atoms with Crippen molar-refractivity contribution in [1.82, 2.24) is 10.6 Å². The maximum Gasteiger partial charge on any atom is 0.320 e. The molecule has 4 aromatic carbocycles. The molecule has 0 radical (unpaired) electrons. The summed E-state index contributed by atoms with van der Waals surface area (Å²) in [6, 6.07) is 30.1. The van der Waals surface area contributed by atoms with Crippen LogP contribution in [0.4, 0.5) is 5.69 Å². The van der Waals surface area contributed by atoms with Crippen molar-refractivity contribution in [3.05, 3.63) is 114 Å². The predicted molar refractivity (Wildman–Crippen MR) is 153 cm³/mol. The number of fused-ring (bicyclic) bond motifs is 1. The van der Waals surface area contributed by atoms with E-state index in [0.717, 1.165) is 21.9 Å².